The van der Waals surface area contributed by atoms with E-state index >= 15 is 0 Å². The van der Waals surface area contributed by atoms with Crippen molar-refractivity contribution in [3.8, 4) is 17.0 Å². The van der Waals surface area contributed by atoms with Crippen molar-refractivity contribution in [3.63, 3.8) is 0 Å². The van der Waals surface area contributed by atoms with Crippen molar-refractivity contribution in [1.82, 2.24) is 15.1 Å². The summed E-state index contributed by atoms with van der Waals surface area (Å²) in [6, 6.07) is 6.52. The highest BCUT2D eigenvalue weighted by molar-refractivity contribution is 5.91. The molecule has 0 atom stereocenters. The highest BCUT2D eigenvalue weighted by Gasteiger charge is 2.26. The fourth-order valence-corrected chi connectivity index (χ4v) is 3.58. The van der Waals surface area contributed by atoms with Gasteiger partial charge in [0.05, 0.1) is 11.4 Å². The maximum atomic E-state index is 12.6. The van der Waals surface area contributed by atoms with Crippen LogP contribution < -0.4 is 10.6 Å². The SMILES string of the molecule is CCCNC(=O)n1nc(-c2cc(NC(=O)CC)ccc2O)cc1C1CCCC1. The van der Waals surface area contributed by atoms with Gasteiger partial charge in [-0.2, -0.15) is 9.78 Å². The Hall–Kier alpha value is -2.83. The minimum Gasteiger partial charge on any atom is -0.507 e. The second-order valence-corrected chi connectivity index (χ2v) is 7.21. The molecular formula is C21H28N4O3. The lowest BCUT2D eigenvalue weighted by Crippen LogP contribution is -2.31. The summed E-state index contributed by atoms with van der Waals surface area (Å²) in [5.41, 5.74) is 2.49. The Morgan fingerprint density at radius 3 is 2.64 bits per heavy atom. The van der Waals surface area contributed by atoms with E-state index in [4.69, 9.17) is 0 Å². The van der Waals surface area contributed by atoms with E-state index in [2.05, 4.69) is 15.7 Å². The van der Waals surface area contributed by atoms with Gasteiger partial charge in [-0.15, -0.1) is 0 Å². The molecule has 2 amide bonds. The minimum absolute atomic E-state index is 0.0612. The van der Waals surface area contributed by atoms with Gasteiger partial charge in [-0.1, -0.05) is 26.7 Å². The Bertz CT molecular complexity index is 853. The van der Waals surface area contributed by atoms with Gasteiger partial charge in [0.25, 0.3) is 0 Å². The van der Waals surface area contributed by atoms with Gasteiger partial charge >= 0.3 is 6.03 Å². The Balaban J connectivity index is 1.98. The van der Waals surface area contributed by atoms with Crippen molar-refractivity contribution < 1.29 is 14.7 Å². The van der Waals surface area contributed by atoms with E-state index in [1.165, 1.54) is 10.7 Å². The third-order valence-electron chi connectivity index (χ3n) is 5.11. The first-order valence-electron chi connectivity index (χ1n) is 10.0. The highest BCUT2D eigenvalue weighted by Crippen LogP contribution is 2.38. The number of aromatic nitrogens is 2. The molecule has 150 valence electrons. The van der Waals surface area contributed by atoms with Crippen molar-refractivity contribution >= 4 is 17.6 Å². The number of phenolic OH excluding ortho intramolecular Hbond substituents is 1. The smallest absolute Gasteiger partial charge is 0.342 e. The van der Waals surface area contributed by atoms with Crippen LogP contribution in [0.1, 0.15) is 64.0 Å². The molecule has 0 radical (unpaired) electrons. The standard InChI is InChI=1S/C21H28N4O3/c1-3-11-22-21(28)25-18(14-7-5-6-8-14)13-17(24-25)16-12-15(9-10-19(16)26)23-20(27)4-2/h9-10,12-14,26H,3-8,11H2,1-2H3,(H,22,28)(H,23,27). The molecule has 1 aromatic carbocycles. The van der Waals surface area contributed by atoms with Gasteiger partial charge in [0.15, 0.2) is 0 Å². The van der Waals surface area contributed by atoms with Crippen LogP contribution in [0, 0.1) is 0 Å². The summed E-state index contributed by atoms with van der Waals surface area (Å²) < 4.78 is 1.44. The first-order valence-corrected chi connectivity index (χ1v) is 10.0. The van der Waals surface area contributed by atoms with Gasteiger partial charge < -0.3 is 15.7 Å². The summed E-state index contributed by atoms with van der Waals surface area (Å²) >= 11 is 0. The number of nitrogens with zero attached hydrogens (tertiary/aromatic N) is 2. The van der Waals surface area contributed by atoms with Gasteiger partial charge in [-0.05, 0) is 43.5 Å². The van der Waals surface area contributed by atoms with Gasteiger partial charge in [0.1, 0.15) is 5.75 Å². The van der Waals surface area contributed by atoms with Crippen molar-refractivity contribution in [1.29, 1.82) is 0 Å². The lowest BCUT2D eigenvalue weighted by molar-refractivity contribution is -0.115. The fraction of sp³-hybridized carbons (Fsp3) is 0.476. The van der Waals surface area contributed by atoms with Gasteiger partial charge in [-0.25, -0.2) is 4.79 Å². The molecule has 3 rings (SSSR count). The molecule has 1 aromatic heterocycles. The summed E-state index contributed by atoms with van der Waals surface area (Å²) in [6.45, 7) is 4.36. The van der Waals surface area contributed by atoms with E-state index in [9.17, 15) is 14.7 Å². The van der Waals surface area contributed by atoms with Crippen LogP contribution in [-0.2, 0) is 4.79 Å². The largest absolute Gasteiger partial charge is 0.507 e. The number of carbonyl (C=O) groups excluding carboxylic acids is 2. The third kappa shape index (κ3) is 4.35. The van der Waals surface area contributed by atoms with Crippen molar-refractivity contribution in [2.24, 2.45) is 0 Å². The molecule has 1 saturated carbocycles. The van der Waals surface area contributed by atoms with Crippen LogP contribution in [0.4, 0.5) is 10.5 Å². The summed E-state index contributed by atoms with van der Waals surface area (Å²) in [5.74, 6) is 0.248. The maximum absolute atomic E-state index is 12.6. The zero-order valence-electron chi connectivity index (χ0n) is 16.5. The van der Waals surface area contributed by atoms with Crippen LogP contribution in [-0.4, -0.2) is 33.4 Å². The molecule has 1 fully saturated rings. The van der Waals surface area contributed by atoms with Crippen molar-refractivity contribution in [2.75, 3.05) is 11.9 Å². The molecule has 0 unspecified atom stereocenters. The van der Waals surface area contributed by atoms with E-state index in [-0.39, 0.29) is 17.7 Å². The summed E-state index contributed by atoms with van der Waals surface area (Å²) in [7, 11) is 0. The molecule has 7 nitrogen and oxygen atoms in total. The molecule has 2 aromatic rings. The quantitative estimate of drug-likeness (QED) is 0.649. The Morgan fingerprint density at radius 1 is 1.21 bits per heavy atom. The number of phenols is 1. The summed E-state index contributed by atoms with van der Waals surface area (Å²) in [4.78, 5) is 24.3. The number of rotatable bonds is 6. The van der Waals surface area contributed by atoms with Crippen LogP contribution >= 0.6 is 0 Å². The molecule has 3 N–H and O–H groups in total. The first-order chi connectivity index (χ1) is 13.5. The molecule has 0 spiro atoms. The van der Waals surface area contributed by atoms with Crippen LogP contribution in [0.15, 0.2) is 24.3 Å². The zero-order valence-corrected chi connectivity index (χ0v) is 16.5. The normalized spacial score (nSPS) is 14.2. The topological polar surface area (TPSA) is 96.3 Å². The monoisotopic (exact) mass is 384 g/mol. The molecule has 0 bridgehead atoms. The van der Waals surface area contributed by atoms with E-state index in [1.54, 1.807) is 19.1 Å². The highest BCUT2D eigenvalue weighted by atomic mass is 16.3. The lowest BCUT2D eigenvalue weighted by atomic mass is 10.0. The average Bonchev–Trinajstić information content (AvgIpc) is 3.37. The van der Waals surface area contributed by atoms with Crippen molar-refractivity contribution in [2.45, 2.75) is 58.3 Å². The second kappa shape index (κ2) is 8.91. The van der Waals surface area contributed by atoms with Crippen molar-refractivity contribution in [3.05, 3.63) is 30.0 Å². The number of aromatic hydroxyl groups is 1. The number of hydrogen-bond acceptors (Lipinski definition) is 4. The van der Waals surface area contributed by atoms with E-state index in [0.717, 1.165) is 37.8 Å². The van der Waals surface area contributed by atoms with E-state index < -0.39 is 0 Å². The Labute approximate surface area is 165 Å². The molecule has 1 heterocycles. The van der Waals surface area contributed by atoms with Crippen LogP contribution in [0.5, 0.6) is 5.75 Å². The number of nitrogens with one attached hydrogen (secondary N) is 2. The maximum Gasteiger partial charge on any atom is 0.342 e. The summed E-state index contributed by atoms with van der Waals surface area (Å²) in [6.07, 6.45) is 5.57. The lowest BCUT2D eigenvalue weighted by Gasteiger charge is -2.11. The molecule has 1 aliphatic rings. The number of amides is 2. The predicted octanol–water partition coefficient (Wildman–Crippen LogP) is 4.23. The Morgan fingerprint density at radius 2 is 1.96 bits per heavy atom. The third-order valence-corrected chi connectivity index (χ3v) is 5.11. The number of benzene rings is 1. The molecule has 0 saturated heterocycles. The molecule has 1 aliphatic carbocycles. The average molecular weight is 384 g/mol. The number of carbonyl (C=O) groups is 2. The molecule has 7 heteroatoms. The van der Waals surface area contributed by atoms with E-state index in [1.807, 2.05) is 13.0 Å². The molecular weight excluding hydrogens is 356 g/mol. The zero-order chi connectivity index (χ0) is 20.1. The van der Waals surface area contributed by atoms with Gasteiger partial charge in [-0.3, -0.25) is 4.79 Å². The molecule has 28 heavy (non-hydrogen) atoms. The van der Waals surface area contributed by atoms with Gasteiger partial charge in [0, 0.05) is 30.1 Å². The van der Waals surface area contributed by atoms with Crippen LogP contribution in [0.25, 0.3) is 11.3 Å². The van der Waals surface area contributed by atoms with E-state index in [0.29, 0.717) is 35.8 Å². The second-order valence-electron chi connectivity index (χ2n) is 7.21. The number of hydrogen-bond donors (Lipinski definition) is 3. The predicted molar refractivity (Wildman–Crippen MR) is 109 cm³/mol. The summed E-state index contributed by atoms with van der Waals surface area (Å²) in [5, 5.41) is 20.5. The fourth-order valence-electron chi connectivity index (χ4n) is 3.58. The minimum atomic E-state index is -0.245. The first kappa shape index (κ1) is 19.9. The Kier molecular flexibility index (Phi) is 6.34. The van der Waals surface area contributed by atoms with Crippen LogP contribution in [0.2, 0.25) is 0 Å². The molecule has 0 aliphatic heterocycles. The number of anilines is 1. The van der Waals surface area contributed by atoms with Crippen LogP contribution in [0.3, 0.4) is 0 Å². The van der Waals surface area contributed by atoms with Gasteiger partial charge in [0.2, 0.25) is 5.91 Å².